The van der Waals surface area contributed by atoms with E-state index in [4.69, 9.17) is 4.52 Å². The van der Waals surface area contributed by atoms with Crippen molar-refractivity contribution in [2.75, 3.05) is 10.6 Å². The van der Waals surface area contributed by atoms with Crippen LogP contribution < -0.4 is 10.6 Å². The summed E-state index contributed by atoms with van der Waals surface area (Å²) >= 11 is 0. The van der Waals surface area contributed by atoms with E-state index in [-0.39, 0.29) is 5.88 Å². The normalized spacial score (nSPS) is 11.0. The first-order chi connectivity index (χ1) is 17.6. The lowest BCUT2D eigenvalue weighted by molar-refractivity contribution is 0.261. The largest absolute Gasteiger partial charge is 0.338 e. The molecule has 2 aromatic carbocycles. The minimum atomic E-state index is -0.446. The van der Waals surface area contributed by atoms with Gasteiger partial charge in [0.1, 0.15) is 29.7 Å². The Morgan fingerprint density at radius 1 is 0.972 bits per heavy atom. The molecule has 0 aliphatic heterocycles. The van der Waals surface area contributed by atoms with Gasteiger partial charge < -0.3 is 14.8 Å². The standard InChI is InChI=1S/C25H19N9O2/c1-15-12-34(14-28-15)24-21-23(26-13-27-24)32-22(31-21)17-7-9-18(10-8-17)29-25(35)30-20-11-19(33-36-20)16-5-3-2-4-6-16/h2-14H,1H3,(H2,29,30,35)(H,26,27,31,32). The van der Waals surface area contributed by atoms with Crippen LogP contribution in [0, 0.1) is 6.92 Å². The summed E-state index contributed by atoms with van der Waals surface area (Å²) in [5.74, 6) is 1.54. The maximum absolute atomic E-state index is 12.4. The number of anilines is 2. The average Bonchev–Trinajstić information content (AvgIpc) is 3.64. The van der Waals surface area contributed by atoms with Gasteiger partial charge in [-0.25, -0.2) is 24.7 Å². The smallest absolute Gasteiger partial charge is 0.326 e. The topological polar surface area (TPSA) is 139 Å². The number of nitrogens with one attached hydrogen (secondary N) is 3. The summed E-state index contributed by atoms with van der Waals surface area (Å²) in [6, 6.07) is 18.1. The first kappa shape index (κ1) is 21.2. The third-order valence-electron chi connectivity index (χ3n) is 5.46. The average molecular weight is 477 g/mol. The van der Waals surface area contributed by atoms with E-state index >= 15 is 0 Å². The van der Waals surface area contributed by atoms with E-state index in [2.05, 4.69) is 40.7 Å². The van der Waals surface area contributed by atoms with Crippen LogP contribution in [0.25, 0.3) is 39.6 Å². The summed E-state index contributed by atoms with van der Waals surface area (Å²) in [5.41, 5.74) is 5.09. The molecule has 11 heteroatoms. The number of nitrogens with zero attached hydrogens (tertiary/aromatic N) is 6. The molecule has 11 nitrogen and oxygen atoms in total. The number of hydrogen-bond acceptors (Lipinski definition) is 7. The Labute approximate surface area is 204 Å². The van der Waals surface area contributed by atoms with Crippen molar-refractivity contribution < 1.29 is 9.32 Å². The van der Waals surface area contributed by atoms with Crippen molar-refractivity contribution in [3.05, 3.63) is 85.2 Å². The number of hydrogen-bond donors (Lipinski definition) is 3. The highest BCUT2D eigenvalue weighted by Gasteiger charge is 2.14. The summed E-state index contributed by atoms with van der Waals surface area (Å²) in [6.45, 7) is 1.91. The lowest BCUT2D eigenvalue weighted by Gasteiger charge is -2.05. The van der Waals surface area contributed by atoms with Crippen molar-refractivity contribution in [1.29, 1.82) is 0 Å². The van der Waals surface area contributed by atoms with Crippen molar-refractivity contribution in [2.45, 2.75) is 6.92 Å². The number of aromatic nitrogens is 7. The number of carbonyl (C=O) groups excluding carboxylic acids is 1. The van der Waals surface area contributed by atoms with Gasteiger partial charge in [0.15, 0.2) is 11.5 Å². The monoisotopic (exact) mass is 477 g/mol. The second kappa shape index (κ2) is 8.80. The lowest BCUT2D eigenvalue weighted by atomic mass is 10.2. The third kappa shape index (κ3) is 4.16. The highest BCUT2D eigenvalue weighted by molar-refractivity contribution is 5.99. The lowest BCUT2D eigenvalue weighted by Crippen LogP contribution is -2.18. The van der Waals surface area contributed by atoms with Gasteiger partial charge in [-0.1, -0.05) is 35.5 Å². The van der Waals surface area contributed by atoms with Gasteiger partial charge >= 0.3 is 6.03 Å². The van der Waals surface area contributed by atoms with Crippen molar-refractivity contribution in [3.8, 4) is 28.5 Å². The Morgan fingerprint density at radius 2 is 1.81 bits per heavy atom. The summed E-state index contributed by atoms with van der Waals surface area (Å²) in [5, 5.41) is 9.42. The number of aromatic amines is 1. The van der Waals surface area contributed by atoms with E-state index in [1.165, 1.54) is 6.33 Å². The van der Waals surface area contributed by atoms with Gasteiger partial charge in [-0.15, -0.1) is 0 Å². The fourth-order valence-electron chi connectivity index (χ4n) is 3.75. The van der Waals surface area contributed by atoms with E-state index < -0.39 is 6.03 Å². The minimum Gasteiger partial charge on any atom is -0.338 e. The van der Waals surface area contributed by atoms with Gasteiger partial charge in [-0.2, -0.15) is 0 Å². The van der Waals surface area contributed by atoms with Crippen LogP contribution in [0.3, 0.4) is 0 Å². The molecular weight excluding hydrogens is 458 g/mol. The van der Waals surface area contributed by atoms with Gasteiger partial charge in [0.25, 0.3) is 0 Å². The van der Waals surface area contributed by atoms with E-state index in [0.717, 1.165) is 16.8 Å². The summed E-state index contributed by atoms with van der Waals surface area (Å²) in [4.78, 5) is 33.2. The Morgan fingerprint density at radius 3 is 2.58 bits per heavy atom. The zero-order valence-corrected chi connectivity index (χ0v) is 19.0. The fraction of sp³-hybridized carbons (Fsp3) is 0.0400. The van der Waals surface area contributed by atoms with E-state index in [1.807, 2.05) is 60.2 Å². The maximum atomic E-state index is 12.4. The molecule has 3 N–H and O–H groups in total. The Bertz CT molecular complexity index is 1670. The molecular formula is C25H19N9O2. The zero-order chi connectivity index (χ0) is 24.5. The van der Waals surface area contributed by atoms with Crippen molar-refractivity contribution >= 4 is 28.8 Å². The summed E-state index contributed by atoms with van der Waals surface area (Å²) in [7, 11) is 0. The number of fused-ring (bicyclic) bond motifs is 1. The van der Waals surface area contributed by atoms with Gasteiger partial charge in [0.05, 0.1) is 5.69 Å². The van der Waals surface area contributed by atoms with Crippen LogP contribution in [0.1, 0.15) is 5.69 Å². The molecule has 4 aromatic heterocycles. The molecule has 0 bridgehead atoms. The first-order valence-corrected chi connectivity index (χ1v) is 11.0. The first-order valence-electron chi connectivity index (χ1n) is 11.0. The van der Waals surface area contributed by atoms with Gasteiger partial charge in [0.2, 0.25) is 5.88 Å². The second-order valence-corrected chi connectivity index (χ2v) is 8.00. The van der Waals surface area contributed by atoms with Crippen LogP contribution in [0.2, 0.25) is 0 Å². The summed E-state index contributed by atoms with van der Waals surface area (Å²) in [6.07, 6.45) is 5.06. The molecule has 6 aromatic rings. The molecule has 0 saturated carbocycles. The van der Waals surface area contributed by atoms with Gasteiger partial charge in [-0.05, 0) is 31.2 Å². The number of H-pyrrole nitrogens is 1. The highest BCUT2D eigenvalue weighted by Crippen LogP contribution is 2.25. The number of rotatable bonds is 5. The van der Waals surface area contributed by atoms with Crippen LogP contribution in [0.15, 0.2) is 84.0 Å². The molecule has 176 valence electrons. The predicted octanol–water partition coefficient (Wildman–Crippen LogP) is 4.81. The van der Waals surface area contributed by atoms with E-state index in [0.29, 0.717) is 34.2 Å². The molecule has 4 heterocycles. The fourth-order valence-corrected chi connectivity index (χ4v) is 3.75. The number of amides is 2. The van der Waals surface area contributed by atoms with Gasteiger partial charge in [0, 0.05) is 29.1 Å². The Kier molecular flexibility index (Phi) is 5.19. The SMILES string of the molecule is Cc1cn(-c2ncnc3nc(-c4ccc(NC(=O)Nc5cc(-c6ccccc6)no5)cc4)[nH]c23)cn1. The van der Waals surface area contributed by atoms with Crippen LogP contribution in [-0.2, 0) is 0 Å². The molecule has 0 aliphatic carbocycles. The molecule has 36 heavy (non-hydrogen) atoms. The molecule has 0 unspecified atom stereocenters. The molecule has 6 rings (SSSR count). The van der Waals surface area contributed by atoms with Crippen LogP contribution in [-0.4, -0.2) is 40.7 Å². The molecule has 0 radical (unpaired) electrons. The Balaban J connectivity index is 1.16. The number of benzene rings is 2. The minimum absolute atomic E-state index is 0.246. The van der Waals surface area contributed by atoms with E-state index in [9.17, 15) is 4.79 Å². The number of imidazole rings is 2. The zero-order valence-electron chi connectivity index (χ0n) is 19.0. The van der Waals surface area contributed by atoms with Crippen LogP contribution >= 0.6 is 0 Å². The molecule has 0 fully saturated rings. The maximum Gasteiger partial charge on any atom is 0.326 e. The molecule has 2 amide bonds. The third-order valence-corrected chi connectivity index (χ3v) is 5.46. The number of aryl methyl sites for hydroxylation is 1. The summed E-state index contributed by atoms with van der Waals surface area (Å²) < 4.78 is 7.05. The molecule has 0 spiro atoms. The van der Waals surface area contributed by atoms with Crippen molar-refractivity contribution in [3.63, 3.8) is 0 Å². The van der Waals surface area contributed by atoms with E-state index in [1.54, 1.807) is 24.5 Å². The van der Waals surface area contributed by atoms with Crippen molar-refractivity contribution in [1.82, 2.24) is 34.6 Å². The highest BCUT2D eigenvalue weighted by atomic mass is 16.5. The van der Waals surface area contributed by atoms with Gasteiger partial charge in [-0.3, -0.25) is 9.88 Å². The van der Waals surface area contributed by atoms with Crippen LogP contribution in [0.4, 0.5) is 16.4 Å². The van der Waals surface area contributed by atoms with Crippen molar-refractivity contribution in [2.24, 2.45) is 0 Å². The molecule has 0 atom stereocenters. The quantitative estimate of drug-likeness (QED) is 0.324. The molecule has 0 saturated heterocycles. The molecule has 0 aliphatic rings. The number of urea groups is 1. The van der Waals surface area contributed by atoms with Crippen LogP contribution in [0.5, 0.6) is 0 Å². The predicted molar refractivity (Wildman–Crippen MR) is 134 cm³/mol. The Hall–Kier alpha value is -5.32. The number of carbonyl (C=O) groups is 1. The second-order valence-electron chi connectivity index (χ2n) is 8.00.